The van der Waals surface area contributed by atoms with Crippen LogP contribution in [0.15, 0.2) is 22.7 Å². The number of hydrogen-bond donors (Lipinski definition) is 2. The molecule has 0 aromatic heterocycles. The smallest absolute Gasteiger partial charge is 0.129 e. The Morgan fingerprint density at radius 3 is 2.94 bits per heavy atom. The molecule has 1 aliphatic carbocycles. The Kier molecular flexibility index (Phi) is 5.47. The van der Waals surface area contributed by atoms with E-state index in [4.69, 9.17) is 4.74 Å². The Bertz CT molecular complexity index is 380. The monoisotopic (exact) mass is 313 g/mol. The number of ether oxygens (including phenoxy) is 1. The Labute approximate surface area is 117 Å². The van der Waals surface area contributed by atoms with Gasteiger partial charge in [-0.15, -0.1) is 0 Å². The van der Waals surface area contributed by atoms with Gasteiger partial charge in [-0.05, 0) is 65.4 Å². The van der Waals surface area contributed by atoms with Gasteiger partial charge in [-0.1, -0.05) is 6.07 Å². The first-order valence-electron chi connectivity index (χ1n) is 6.51. The Morgan fingerprint density at radius 2 is 2.22 bits per heavy atom. The second-order valence-corrected chi connectivity index (χ2v) is 5.69. The van der Waals surface area contributed by atoms with Crippen LogP contribution in [0.4, 0.5) is 0 Å². The predicted molar refractivity (Wildman–Crippen MR) is 75.7 cm³/mol. The van der Waals surface area contributed by atoms with E-state index in [1.165, 1.54) is 18.4 Å². The molecule has 18 heavy (non-hydrogen) atoms. The van der Waals surface area contributed by atoms with Crippen molar-refractivity contribution in [2.75, 3.05) is 19.8 Å². The zero-order valence-electron chi connectivity index (χ0n) is 10.5. The molecule has 3 nitrogen and oxygen atoms in total. The normalized spacial score (nSPS) is 14.9. The van der Waals surface area contributed by atoms with Crippen LogP contribution in [0, 0.1) is 5.92 Å². The van der Waals surface area contributed by atoms with Gasteiger partial charge in [-0.25, -0.2) is 0 Å². The van der Waals surface area contributed by atoms with Crippen LogP contribution >= 0.6 is 15.9 Å². The van der Waals surface area contributed by atoms with Gasteiger partial charge in [0.2, 0.25) is 0 Å². The average Bonchev–Trinajstić information content (AvgIpc) is 3.16. The highest BCUT2D eigenvalue weighted by Crippen LogP contribution is 2.28. The van der Waals surface area contributed by atoms with E-state index in [1.807, 2.05) is 12.1 Å². The zero-order valence-corrected chi connectivity index (χ0v) is 12.1. The molecule has 0 amide bonds. The average molecular weight is 314 g/mol. The van der Waals surface area contributed by atoms with E-state index in [-0.39, 0.29) is 5.75 Å². The summed E-state index contributed by atoms with van der Waals surface area (Å²) in [5, 5.41) is 12.7. The van der Waals surface area contributed by atoms with Crippen LogP contribution in [0.1, 0.15) is 24.8 Å². The summed E-state index contributed by atoms with van der Waals surface area (Å²) in [5.74, 6) is 1.14. The second kappa shape index (κ2) is 7.12. The van der Waals surface area contributed by atoms with Crippen molar-refractivity contribution in [3.8, 4) is 5.75 Å². The largest absolute Gasteiger partial charge is 0.507 e. The lowest BCUT2D eigenvalue weighted by Gasteiger charge is -2.07. The van der Waals surface area contributed by atoms with Crippen molar-refractivity contribution < 1.29 is 9.84 Å². The molecular formula is C14H20BrNO2. The lowest BCUT2D eigenvalue weighted by atomic mass is 10.2. The van der Waals surface area contributed by atoms with Crippen LogP contribution in [-0.4, -0.2) is 24.9 Å². The van der Waals surface area contributed by atoms with Crippen molar-refractivity contribution in [3.63, 3.8) is 0 Å². The fourth-order valence-electron chi connectivity index (χ4n) is 1.73. The number of rotatable bonds is 8. The molecule has 1 aromatic rings. The lowest BCUT2D eigenvalue weighted by Crippen LogP contribution is -2.16. The molecule has 0 bridgehead atoms. The molecule has 0 spiro atoms. The summed E-state index contributed by atoms with van der Waals surface area (Å²) < 4.78 is 6.31. The van der Waals surface area contributed by atoms with Crippen LogP contribution in [0.5, 0.6) is 5.75 Å². The van der Waals surface area contributed by atoms with E-state index in [0.717, 1.165) is 43.1 Å². The van der Waals surface area contributed by atoms with Crippen molar-refractivity contribution in [1.82, 2.24) is 5.32 Å². The zero-order chi connectivity index (χ0) is 12.8. The Hall–Kier alpha value is -0.580. The van der Waals surface area contributed by atoms with Crippen LogP contribution in [0.25, 0.3) is 0 Å². The highest BCUT2D eigenvalue weighted by atomic mass is 79.9. The van der Waals surface area contributed by atoms with E-state index in [0.29, 0.717) is 0 Å². The summed E-state index contributed by atoms with van der Waals surface area (Å²) in [7, 11) is 0. The standard InChI is InChI=1S/C14H20BrNO2/c15-13-8-12(4-5-14(13)17)9-16-6-1-7-18-10-11-2-3-11/h4-5,8,11,16-17H,1-3,6-7,9-10H2. The quantitative estimate of drug-likeness (QED) is 0.725. The lowest BCUT2D eigenvalue weighted by molar-refractivity contribution is 0.122. The van der Waals surface area contributed by atoms with Gasteiger partial charge < -0.3 is 15.2 Å². The molecule has 2 rings (SSSR count). The van der Waals surface area contributed by atoms with E-state index < -0.39 is 0 Å². The summed E-state index contributed by atoms with van der Waals surface area (Å²) in [4.78, 5) is 0. The molecule has 0 atom stereocenters. The minimum absolute atomic E-state index is 0.284. The predicted octanol–water partition coefficient (Wildman–Crippen LogP) is 3.06. The van der Waals surface area contributed by atoms with Gasteiger partial charge in [0.25, 0.3) is 0 Å². The number of phenolic OH excluding ortho intramolecular Hbond substituents is 1. The maximum Gasteiger partial charge on any atom is 0.129 e. The number of nitrogens with one attached hydrogen (secondary N) is 1. The molecule has 0 saturated heterocycles. The molecule has 1 aromatic carbocycles. The Balaban J connectivity index is 1.52. The van der Waals surface area contributed by atoms with Crippen LogP contribution in [0.3, 0.4) is 0 Å². The number of benzene rings is 1. The maximum absolute atomic E-state index is 9.38. The fraction of sp³-hybridized carbons (Fsp3) is 0.571. The number of hydrogen-bond acceptors (Lipinski definition) is 3. The van der Waals surface area contributed by atoms with Gasteiger partial charge >= 0.3 is 0 Å². The molecule has 100 valence electrons. The van der Waals surface area contributed by atoms with Crippen LogP contribution in [0.2, 0.25) is 0 Å². The van der Waals surface area contributed by atoms with E-state index >= 15 is 0 Å². The van der Waals surface area contributed by atoms with E-state index in [1.54, 1.807) is 6.07 Å². The summed E-state index contributed by atoms with van der Waals surface area (Å²) in [6, 6.07) is 5.57. The third kappa shape index (κ3) is 4.96. The van der Waals surface area contributed by atoms with Gasteiger partial charge in [0.05, 0.1) is 4.47 Å². The molecular weight excluding hydrogens is 294 g/mol. The molecule has 1 aliphatic rings. The highest BCUT2D eigenvalue weighted by Gasteiger charge is 2.20. The molecule has 1 fully saturated rings. The molecule has 0 unspecified atom stereocenters. The number of halogens is 1. The number of phenols is 1. The third-order valence-electron chi connectivity index (χ3n) is 3.03. The summed E-state index contributed by atoms with van der Waals surface area (Å²) in [5.41, 5.74) is 1.17. The van der Waals surface area contributed by atoms with Gasteiger partial charge in [0.1, 0.15) is 5.75 Å². The highest BCUT2D eigenvalue weighted by molar-refractivity contribution is 9.10. The SMILES string of the molecule is Oc1ccc(CNCCCOCC2CC2)cc1Br. The minimum atomic E-state index is 0.284. The van der Waals surface area contributed by atoms with Gasteiger partial charge in [0, 0.05) is 19.8 Å². The maximum atomic E-state index is 9.38. The van der Waals surface area contributed by atoms with Crippen molar-refractivity contribution >= 4 is 15.9 Å². The minimum Gasteiger partial charge on any atom is -0.507 e. The van der Waals surface area contributed by atoms with Gasteiger partial charge in [0.15, 0.2) is 0 Å². The van der Waals surface area contributed by atoms with E-state index in [2.05, 4.69) is 21.2 Å². The van der Waals surface area contributed by atoms with E-state index in [9.17, 15) is 5.11 Å². The van der Waals surface area contributed by atoms with Crippen molar-refractivity contribution in [3.05, 3.63) is 28.2 Å². The molecule has 0 heterocycles. The molecule has 4 heteroatoms. The van der Waals surface area contributed by atoms with Gasteiger partial charge in [-0.3, -0.25) is 0 Å². The van der Waals surface area contributed by atoms with Crippen LogP contribution < -0.4 is 5.32 Å². The molecule has 0 aliphatic heterocycles. The summed E-state index contributed by atoms with van der Waals surface area (Å²) in [6.45, 7) is 3.58. The summed E-state index contributed by atoms with van der Waals surface area (Å²) in [6.07, 6.45) is 3.76. The Morgan fingerprint density at radius 1 is 1.39 bits per heavy atom. The third-order valence-corrected chi connectivity index (χ3v) is 3.67. The van der Waals surface area contributed by atoms with Crippen LogP contribution in [-0.2, 0) is 11.3 Å². The first-order chi connectivity index (χ1) is 8.75. The van der Waals surface area contributed by atoms with Crippen molar-refractivity contribution in [2.45, 2.75) is 25.8 Å². The van der Waals surface area contributed by atoms with Crippen molar-refractivity contribution in [1.29, 1.82) is 0 Å². The molecule has 2 N–H and O–H groups in total. The molecule has 1 saturated carbocycles. The fourth-order valence-corrected chi connectivity index (χ4v) is 2.15. The summed E-state index contributed by atoms with van der Waals surface area (Å²) >= 11 is 3.31. The second-order valence-electron chi connectivity index (χ2n) is 4.83. The van der Waals surface area contributed by atoms with Gasteiger partial charge in [-0.2, -0.15) is 0 Å². The number of aromatic hydroxyl groups is 1. The first kappa shape index (κ1) is 13.8. The topological polar surface area (TPSA) is 41.5 Å². The molecule has 0 radical (unpaired) electrons. The first-order valence-corrected chi connectivity index (χ1v) is 7.31. The van der Waals surface area contributed by atoms with Crippen molar-refractivity contribution in [2.24, 2.45) is 5.92 Å².